The first-order chi connectivity index (χ1) is 36.6. The standard InChI is InChI=1S/C52H74N12O12S/c1-6-28(3)41(61-45(69)34(53)21-31-15-10-8-11-16-31)50(74)60-38(26-77)48(72)62-42(29(4)7-2)52(76)64-20-14-19-39(64)49(73)59-36(22-32-17-12-9-13-18-32)46(70)58-37(23-33-25-55-27-56-33)47(71)63-43(30(5)65)51(75)57-35(44(54)68)24-40(66)67/h8-13,15-18,25,27-30,34-39,41-43,65,77H,6-7,14,19-24,26,53H2,1-5H3,(H2,54,68)(H,55,56)(H,57,75)(H,58,70)(H,59,73)(H,60,74)(H,61,69)(H,62,72)(H,63,71)(H,66,67)/t28-,29-,30+,34-,35-,36-,37-,38-,39-,41-,42-,43-/m1/s1. The molecular weight excluding hydrogens is 1020 g/mol. The highest BCUT2D eigenvalue weighted by Crippen LogP contribution is 2.23. The number of thiol groups is 1. The van der Waals surface area contributed by atoms with Crippen LogP contribution in [0.4, 0.5) is 0 Å². The fourth-order valence-electron chi connectivity index (χ4n) is 8.54. The van der Waals surface area contributed by atoms with E-state index in [1.807, 2.05) is 44.2 Å². The zero-order valence-corrected chi connectivity index (χ0v) is 44.8. The molecule has 2 aromatic carbocycles. The Hall–Kier alpha value is -7.38. The lowest BCUT2D eigenvalue weighted by Crippen LogP contribution is -2.62. The zero-order chi connectivity index (χ0) is 56.9. The predicted molar refractivity (Wildman–Crippen MR) is 285 cm³/mol. The lowest BCUT2D eigenvalue weighted by atomic mass is 9.96. The molecule has 0 spiro atoms. The number of aliphatic carboxylic acids is 1. The number of nitrogens with one attached hydrogen (secondary N) is 8. The van der Waals surface area contributed by atoms with Crippen LogP contribution in [-0.4, -0.2) is 157 Å². The fourth-order valence-corrected chi connectivity index (χ4v) is 8.80. The summed E-state index contributed by atoms with van der Waals surface area (Å²) in [6, 6.07) is 5.85. The molecule has 77 heavy (non-hydrogen) atoms. The minimum Gasteiger partial charge on any atom is -0.481 e. The molecule has 420 valence electrons. The average molecular weight is 1090 g/mol. The molecule has 0 radical (unpaired) electrons. The number of hydrogen-bond donors (Lipinski definition) is 13. The maximum absolute atomic E-state index is 14.6. The van der Waals surface area contributed by atoms with Crippen molar-refractivity contribution < 1.29 is 58.2 Å². The van der Waals surface area contributed by atoms with Crippen molar-refractivity contribution >= 4 is 71.8 Å². The monoisotopic (exact) mass is 1090 g/mol. The molecule has 1 aromatic heterocycles. The van der Waals surface area contributed by atoms with Crippen molar-refractivity contribution in [3.05, 3.63) is 90.0 Å². The summed E-state index contributed by atoms with van der Waals surface area (Å²) >= 11 is 4.35. The Labute approximate surface area is 452 Å². The molecule has 0 unspecified atom stereocenters. The van der Waals surface area contributed by atoms with Crippen molar-refractivity contribution in [1.82, 2.24) is 52.1 Å². The van der Waals surface area contributed by atoms with Gasteiger partial charge in [-0.3, -0.25) is 47.9 Å². The van der Waals surface area contributed by atoms with E-state index >= 15 is 0 Å². The van der Waals surface area contributed by atoms with E-state index in [0.29, 0.717) is 30.5 Å². The van der Waals surface area contributed by atoms with Gasteiger partial charge in [-0.1, -0.05) is 101 Å². The Morgan fingerprint density at radius 3 is 1.73 bits per heavy atom. The molecule has 0 aliphatic carbocycles. The summed E-state index contributed by atoms with van der Waals surface area (Å²) < 4.78 is 0. The van der Waals surface area contributed by atoms with Crippen LogP contribution in [0.5, 0.6) is 0 Å². The Morgan fingerprint density at radius 2 is 1.18 bits per heavy atom. The van der Waals surface area contributed by atoms with Gasteiger partial charge in [0.25, 0.3) is 0 Å². The molecule has 3 aromatic rings. The van der Waals surface area contributed by atoms with Gasteiger partial charge in [0.2, 0.25) is 53.2 Å². The predicted octanol–water partition coefficient (Wildman–Crippen LogP) is -1.49. The number of hydrogen-bond acceptors (Lipinski definition) is 14. The van der Waals surface area contributed by atoms with Crippen LogP contribution < -0.4 is 48.7 Å². The summed E-state index contributed by atoms with van der Waals surface area (Å²) in [5.41, 5.74) is 13.3. The third kappa shape index (κ3) is 18.7. The maximum Gasteiger partial charge on any atom is 0.305 e. The minimum atomic E-state index is -1.77. The van der Waals surface area contributed by atoms with Crippen molar-refractivity contribution in [2.75, 3.05) is 12.3 Å². The topological polar surface area (TPSA) is 379 Å². The number of carbonyl (C=O) groups excluding carboxylic acids is 9. The van der Waals surface area contributed by atoms with Crippen LogP contribution in [0.2, 0.25) is 0 Å². The van der Waals surface area contributed by atoms with E-state index in [9.17, 15) is 58.2 Å². The highest BCUT2D eigenvalue weighted by Gasteiger charge is 2.42. The van der Waals surface area contributed by atoms with Crippen molar-refractivity contribution in [2.24, 2.45) is 23.3 Å². The second-order valence-corrected chi connectivity index (χ2v) is 19.7. The Morgan fingerprint density at radius 1 is 0.675 bits per heavy atom. The minimum absolute atomic E-state index is 0.0985. The van der Waals surface area contributed by atoms with Crippen LogP contribution in [0.1, 0.15) is 83.5 Å². The molecule has 1 fully saturated rings. The van der Waals surface area contributed by atoms with Gasteiger partial charge in [-0.15, -0.1) is 0 Å². The number of aliphatic hydroxyl groups excluding tert-OH is 1. The number of likely N-dealkylation sites (tertiary alicyclic amines) is 1. The SMILES string of the molecule is CC[C@@H](C)[C@@H](NC(=O)[C@H](N)Cc1ccccc1)C(=O)N[C@H](CS)C(=O)N[C@@H](C(=O)N1CCC[C@@H]1C(=O)N[C@H](Cc1ccccc1)C(=O)N[C@H](Cc1cnc[nH]1)C(=O)N[C@@H](C(=O)N[C@H](CC(=O)O)C(N)=O)[C@H](C)O)[C@H](C)CC. The van der Waals surface area contributed by atoms with Gasteiger partial charge in [-0.05, 0) is 49.1 Å². The first-order valence-corrected chi connectivity index (χ1v) is 26.3. The van der Waals surface area contributed by atoms with Crippen LogP contribution >= 0.6 is 12.6 Å². The molecule has 12 atom stereocenters. The van der Waals surface area contributed by atoms with E-state index in [4.69, 9.17) is 11.5 Å². The molecule has 24 nitrogen and oxygen atoms in total. The number of aliphatic hydroxyl groups is 1. The Bertz CT molecular complexity index is 2490. The molecule has 1 saturated heterocycles. The van der Waals surface area contributed by atoms with E-state index in [-0.39, 0.29) is 43.9 Å². The highest BCUT2D eigenvalue weighted by molar-refractivity contribution is 7.80. The largest absolute Gasteiger partial charge is 0.481 e. The summed E-state index contributed by atoms with van der Waals surface area (Å²) in [6.07, 6.45) is 1.57. The molecule has 14 N–H and O–H groups in total. The molecule has 2 heterocycles. The van der Waals surface area contributed by atoms with Crippen LogP contribution in [-0.2, 0) is 67.2 Å². The third-order valence-electron chi connectivity index (χ3n) is 13.5. The van der Waals surface area contributed by atoms with Crippen molar-refractivity contribution in [1.29, 1.82) is 0 Å². The number of carboxylic acids is 1. The number of amides is 9. The van der Waals surface area contributed by atoms with Gasteiger partial charge in [0.05, 0.1) is 24.9 Å². The summed E-state index contributed by atoms with van der Waals surface area (Å²) in [4.78, 5) is 143. The van der Waals surface area contributed by atoms with Gasteiger partial charge in [0, 0.05) is 37.0 Å². The highest BCUT2D eigenvalue weighted by atomic mass is 32.1. The molecule has 4 rings (SSSR count). The summed E-state index contributed by atoms with van der Waals surface area (Å²) in [6.45, 7) is 8.46. The lowest BCUT2D eigenvalue weighted by Gasteiger charge is -2.33. The number of H-pyrrole nitrogens is 1. The van der Waals surface area contributed by atoms with E-state index in [2.05, 4.69) is 59.8 Å². The smallest absolute Gasteiger partial charge is 0.305 e. The third-order valence-corrected chi connectivity index (χ3v) is 13.9. The normalized spacial score (nSPS) is 17.5. The quantitative estimate of drug-likeness (QED) is 0.0339. The second kappa shape index (κ2) is 30.4. The van der Waals surface area contributed by atoms with Crippen molar-refractivity contribution in [3.8, 4) is 0 Å². The fraction of sp³-hybridized carbons (Fsp3) is 0.519. The summed E-state index contributed by atoms with van der Waals surface area (Å²) in [5.74, 6) is -9.92. The number of carbonyl (C=O) groups is 10. The number of nitrogens with two attached hydrogens (primary N) is 2. The van der Waals surface area contributed by atoms with Gasteiger partial charge < -0.3 is 68.8 Å². The lowest BCUT2D eigenvalue weighted by molar-refractivity contribution is -0.143. The summed E-state index contributed by atoms with van der Waals surface area (Å²) in [5, 5.41) is 37.9. The number of aromatic amines is 1. The van der Waals surface area contributed by atoms with Crippen LogP contribution in [0.25, 0.3) is 0 Å². The maximum atomic E-state index is 14.6. The van der Waals surface area contributed by atoms with E-state index in [1.165, 1.54) is 17.4 Å². The summed E-state index contributed by atoms with van der Waals surface area (Å²) in [7, 11) is 0. The molecule has 0 saturated carbocycles. The Kier molecular flexibility index (Phi) is 24.5. The van der Waals surface area contributed by atoms with Crippen molar-refractivity contribution in [3.63, 3.8) is 0 Å². The number of imidazole rings is 1. The number of primary amides is 1. The molecule has 25 heteroatoms. The molecule has 1 aliphatic rings. The van der Waals surface area contributed by atoms with Gasteiger partial charge in [0.1, 0.15) is 48.3 Å². The van der Waals surface area contributed by atoms with Gasteiger partial charge in [0.15, 0.2) is 0 Å². The zero-order valence-electron chi connectivity index (χ0n) is 43.9. The van der Waals surface area contributed by atoms with Crippen LogP contribution in [0, 0.1) is 11.8 Å². The van der Waals surface area contributed by atoms with Gasteiger partial charge in [-0.2, -0.15) is 12.6 Å². The number of rotatable bonds is 30. The van der Waals surface area contributed by atoms with Crippen LogP contribution in [0.15, 0.2) is 73.2 Å². The molecular formula is C52H74N12O12S. The average Bonchev–Trinajstić information content (AvgIpc) is 4.13. The number of nitrogens with zero attached hydrogens (tertiary/aromatic N) is 2. The first kappa shape index (κ1) is 62.2. The first-order valence-electron chi connectivity index (χ1n) is 25.6. The van der Waals surface area contributed by atoms with Gasteiger partial charge in [-0.25, -0.2) is 4.98 Å². The number of aromatic nitrogens is 2. The molecule has 1 aliphatic heterocycles. The van der Waals surface area contributed by atoms with Crippen LogP contribution in [0.3, 0.4) is 0 Å². The molecule has 0 bridgehead atoms. The van der Waals surface area contributed by atoms with Crippen molar-refractivity contribution in [2.45, 2.75) is 146 Å². The Balaban J connectivity index is 1.53. The van der Waals surface area contributed by atoms with E-state index < -0.39 is 132 Å². The van der Waals surface area contributed by atoms with Gasteiger partial charge >= 0.3 is 5.97 Å². The van der Waals surface area contributed by atoms with E-state index in [1.54, 1.807) is 44.2 Å². The number of carboxylic acid groups (broad SMARTS) is 1. The number of benzene rings is 2. The molecule has 9 amide bonds. The second-order valence-electron chi connectivity index (χ2n) is 19.4. The van der Waals surface area contributed by atoms with E-state index in [0.717, 1.165) is 12.5 Å².